The number of carbonyl (C=O) groups is 1. The van der Waals surface area contributed by atoms with E-state index in [1.807, 2.05) is 30.3 Å². The number of hydrogen-bond donors (Lipinski definition) is 2. The molecule has 1 aromatic carbocycles. The highest BCUT2D eigenvalue weighted by Crippen LogP contribution is 2.23. The lowest BCUT2D eigenvalue weighted by molar-refractivity contribution is 0.124. The van der Waals surface area contributed by atoms with Crippen molar-refractivity contribution in [3.05, 3.63) is 65.6 Å². The molecule has 1 aliphatic rings. The summed E-state index contributed by atoms with van der Waals surface area (Å²) in [5, 5.41) is 13.2. The highest BCUT2D eigenvalue weighted by molar-refractivity contribution is 5.78. The number of aliphatic hydroxyl groups is 1. The Labute approximate surface area is 191 Å². The molecule has 33 heavy (non-hydrogen) atoms. The Morgan fingerprint density at radius 3 is 2.85 bits per heavy atom. The Hall–Kier alpha value is -3.30. The molecule has 2 aromatic heterocycles. The fourth-order valence-corrected chi connectivity index (χ4v) is 4.01. The first-order valence-electron chi connectivity index (χ1n) is 10.9. The molecule has 1 amide bonds. The molecule has 8 nitrogen and oxygen atoms in total. The van der Waals surface area contributed by atoms with Crippen LogP contribution in [0.4, 0.5) is 9.18 Å². The van der Waals surface area contributed by atoms with Crippen LogP contribution < -0.4 is 10.1 Å². The fraction of sp³-hybridized carbons (Fsp3) is 0.375. The topological polar surface area (TPSA) is 96.8 Å². The number of ether oxygens (including phenoxy) is 2. The normalized spacial score (nSPS) is 18.4. The number of methoxy groups -OCH3 is 1. The Morgan fingerprint density at radius 1 is 1.24 bits per heavy atom. The number of carbonyl (C=O) groups excluding carboxylic acids is 1. The number of alkyl carbamates (subject to hydrolysis) is 1. The highest BCUT2D eigenvalue weighted by Gasteiger charge is 2.31. The lowest BCUT2D eigenvalue weighted by atomic mass is 10.1. The fourth-order valence-electron chi connectivity index (χ4n) is 4.01. The number of aromatic nitrogens is 2. The van der Waals surface area contributed by atoms with E-state index in [0.717, 1.165) is 5.56 Å². The minimum absolute atomic E-state index is 0.133. The van der Waals surface area contributed by atoms with Crippen molar-refractivity contribution in [1.29, 1.82) is 0 Å². The summed E-state index contributed by atoms with van der Waals surface area (Å²) in [6.07, 6.45) is 0.515. The first-order valence-corrected chi connectivity index (χ1v) is 10.9. The Kier molecular flexibility index (Phi) is 7.31. The predicted molar refractivity (Wildman–Crippen MR) is 120 cm³/mol. The molecule has 2 atom stereocenters. The third-order valence-electron chi connectivity index (χ3n) is 5.83. The number of halogens is 1. The van der Waals surface area contributed by atoms with Crippen molar-refractivity contribution >= 4 is 17.1 Å². The summed E-state index contributed by atoms with van der Waals surface area (Å²) in [5.41, 5.74) is 2.46. The van der Waals surface area contributed by atoms with Gasteiger partial charge in [-0.3, -0.25) is 9.88 Å². The predicted octanol–water partition coefficient (Wildman–Crippen LogP) is 2.54. The number of β-amino-alcohol motifs (C(OH)–C–C–N with tert-alkyl or cyclic N) is 1. The second kappa shape index (κ2) is 10.5. The largest absolute Gasteiger partial charge is 0.481 e. The van der Waals surface area contributed by atoms with Gasteiger partial charge in [0, 0.05) is 43.7 Å². The third-order valence-corrected chi connectivity index (χ3v) is 5.83. The summed E-state index contributed by atoms with van der Waals surface area (Å²) >= 11 is 0. The van der Waals surface area contributed by atoms with Crippen molar-refractivity contribution in [3.8, 4) is 5.88 Å². The van der Waals surface area contributed by atoms with Crippen LogP contribution in [0.1, 0.15) is 11.1 Å². The van der Waals surface area contributed by atoms with Crippen molar-refractivity contribution in [2.24, 2.45) is 5.92 Å². The molecule has 4 rings (SSSR count). The number of likely N-dealkylation sites (tertiary alicyclic amines) is 1. The maximum Gasteiger partial charge on any atom is 0.407 e. The van der Waals surface area contributed by atoms with E-state index in [1.54, 1.807) is 12.1 Å². The van der Waals surface area contributed by atoms with E-state index in [4.69, 9.17) is 9.47 Å². The van der Waals surface area contributed by atoms with Crippen LogP contribution in [0.25, 0.3) is 11.0 Å². The summed E-state index contributed by atoms with van der Waals surface area (Å²) in [5.74, 6) is -0.146. The van der Waals surface area contributed by atoms with Crippen LogP contribution in [0, 0.1) is 11.7 Å². The van der Waals surface area contributed by atoms with Gasteiger partial charge < -0.3 is 19.9 Å². The zero-order valence-corrected chi connectivity index (χ0v) is 18.4. The van der Waals surface area contributed by atoms with Crippen molar-refractivity contribution in [1.82, 2.24) is 20.2 Å². The molecule has 1 saturated heterocycles. The lowest BCUT2D eigenvalue weighted by Crippen LogP contribution is -2.34. The molecule has 3 heterocycles. The number of nitrogens with one attached hydrogen (secondary N) is 1. The van der Waals surface area contributed by atoms with Gasteiger partial charge >= 0.3 is 6.09 Å². The summed E-state index contributed by atoms with van der Waals surface area (Å²) < 4.78 is 24.9. The standard InChI is InChI=1S/C24H27FN4O4/c1-32-22-8-7-20-23(28-22)18(19(25)12-26-20)9-10-29-13-17(21(30)14-29)11-27-24(31)33-15-16-5-3-2-4-6-16/h2-8,12,17,21,30H,9-11,13-15H2,1H3,(H,27,31)/t17-,21+/m0/s1. The average Bonchev–Trinajstić information content (AvgIpc) is 3.20. The molecular weight excluding hydrogens is 427 g/mol. The van der Waals surface area contributed by atoms with E-state index in [0.29, 0.717) is 55.1 Å². The van der Waals surface area contributed by atoms with E-state index >= 15 is 0 Å². The van der Waals surface area contributed by atoms with Gasteiger partial charge in [-0.05, 0) is 18.1 Å². The molecule has 0 unspecified atom stereocenters. The highest BCUT2D eigenvalue weighted by atomic mass is 19.1. The van der Waals surface area contributed by atoms with Crippen molar-refractivity contribution < 1.29 is 23.8 Å². The Morgan fingerprint density at radius 2 is 2.06 bits per heavy atom. The van der Waals surface area contributed by atoms with E-state index in [2.05, 4.69) is 20.2 Å². The van der Waals surface area contributed by atoms with Crippen LogP contribution in [-0.2, 0) is 17.8 Å². The second-order valence-corrected chi connectivity index (χ2v) is 8.09. The Balaban J connectivity index is 1.29. The van der Waals surface area contributed by atoms with Crippen molar-refractivity contribution in [2.75, 3.05) is 33.3 Å². The first-order chi connectivity index (χ1) is 16.0. The number of fused-ring (bicyclic) bond motifs is 1. The number of amides is 1. The number of nitrogens with zero attached hydrogens (tertiary/aromatic N) is 3. The van der Waals surface area contributed by atoms with Gasteiger partial charge in [-0.1, -0.05) is 30.3 Å². The maximum atomic E-state index is 14.5. The molecule has 2 N–H and O–H groups in total. The monoisotopic (exact) mass is 454 g/mol. The molecule has 1 fully saturated rings. The maximum absolute atomic E-state index is 14.5. The van der Waals surface area contributed by atoms with Gasteiger partial charge in [-0.2, -0.15) is 0 Å². The minimum atomic E-state index is -0.586. The summed E-state index contributed by atoms with van der Waals surface area (Å²) in [7, 11) is 1.51. The van der Waals surface area contributed by atoms with Gasteiger partial charge in [-0.15, -0.1) is 0 Å². The smallest absolute Gasteiger partial charge is 0.407 e. The van der Waals surface area contributed by atoms with Gasteiger partial charge in [-0.25, -0.2) is 14.2 Å². The first kappa shape index (κ1) is 22.9. The van der Waals surface area contributed by atoms with Gasteiger partial charge in [0.25, 0.3) is 0 Å². The SMILES string of the molecule is COc1ccc2ncc(F)c(CCN3C[C@H](CNC(=O)OCc4ccccc4)[C@H](O)C3)c2n1. The minimum Gasteiger partial charge on any atom is -0.481 e. The molecule has 0 saturated carbocycles. The number of aliphatic hydroxyl groups excluding tert-OH is 1. The summed E-state index contributed by atoms with van der Waals surface area (Å²) in [6.45, 7) is 2.07. The molecule has 174 valence electrons. The van der Waals surface area contributed by atoms with Crippen LogP contribution in [0.2, 0.25) is 0 Å². The average molecular weight is 455 g/mol. The summed E-state index contributed by atoms with van der Waals surface area (Å²) in [6, 6.07) is 12.9. The molecule has 0 spiro atoms. The van der Waals surface area contributed by atoms with Crippen LogP contribution in [-0.4, -0.2) is 65.5 Å². The zero-order chi connectivity index (χ0) is 23.2. The second-order valence-electron chi connectivity index (χ2n) is 8.09. The number of benzene rings is 1. The van der Waals surface area contributed by atoms with Crippen LogP contribution in [0.15, 0.2) is 48.7 Å². The lowest BCUT2D eigenvalue weighted by Gasteiger charge is -2.17. The molecule has 1 aliphatic heterocycles. The molecule has 0 bridgehead atoms. The third kappa shape index (κ3) is 5.74. The molecule has 0 radical (unpaired) electrons. The van der Waals surface area contributed by atoms with Crippen molar-refractivity contribution in [3.63, 3.8) is 0 Å². The summed E-state index contributed by atoms with van der Waals surface area (Å²) in [4.78, 5) is 22.5. The van der Waals surface area contributed by atoms with E-state index in [-0.39, 0.29) is 12.5 Å². The number of hydrogen-bond acceptors (Lipinski definition) is 7. The van der Waals surface area contributed by atoms with Gasteiger partial charge in [0.05, 0.1) is 30.4 Å². The molecular formula is C24H27FN4O4. The number of pyridine rings is 2. The van der Waals surface area contributed by atoms with E-state index in [1.165, 1.54) is 13.3 Å². The van der Waals surface area contributed by atoms with Crippen molar-refractivity contribution in [2.45, 2.75) is 19.1 Å². The van der Waals surface area contributed by atoms with Crippen LogP contribution >= 0.6 is 0 Å². The van der Waals surface area contributed by atoms with Gasteiger partial charge in [0.2, 0.25) is 5.88 Å². The quantitative estimate of drug-likeness (QED) is 0.540. The van der Waals surface area contributed by atoms with Gasteiger partial charge in [0.15, 0.2) is 0 Å². The van der Waals surface area contributed by atoms with Crippen LogP contribution in [0.3, 0.4) is 0 Å². The van der Waals surface area contributed by atoms with Crippen LogP contribution in [0.5, 0.6) is 5.88 Å². The van der Waals surface area contributed by atoms with Gasteiger partial charge in [0.1, 0.15) is 12.4 Å². The Bertz CT molecular complexity index is 1100. The molecule has 9 heteroatoms. The molecule has 3 aromatic rings. The van der Waals surface area contributed by atoms with E-state index in [9.17, 15) is 14.3 Å². The zero-order valence-electron chi connectivity index (χ0n) is 18.4. The molecule has 0 aliphatic carbocycles. The van der Waals surface area contributed by atoms with E-state index < -0.39 is 18.0 Å². The number of rotatable bonds is 8.